The maximum Gasteiger partial charge on any atom is 0.105 e. The first kappa shape index (κ1) is 15.4. The second-order valence-electron chi connectivity index (χ2n) is 5.11. The van der Waals surface area contributed by atoms with Gasteiger partial charge in [-0.2, -0.15) is 0 Å². The fraction of sp³-hybridized carbons (Fsp3) is 0.333. The van der Waals surface area contributed by atoms with Crippen molar-refractivity contribution in [1.29, 1.82) is 0 Å². The summed E-state index contributed by atoms with van der Waals surface area (Å²) in [5.41, 5.74) is 3.44. The van der Waals surface area contributed by atoms with E-state index in [-0.39, 0.29) is 6.61 Å². The summed E-state index contributed by atoms with van der Waals surface area (Å²) in [6, 6.07) is 10.2. The molecule has 0 saturated carbocycles. The molecule has 3 heteroatoms. The molecule has 0 bridgehead atoms. The Morgan fingerprint density at radius 3 is 2.62 bits per heavy atom. The number of rotatable bonds is 5. The van der Waals surface area contributed by atoms with Crippen molar-refractivity contribution < 1.29 is 9.52 Å². The lowest BCUT2D eigenvalue weighted by atomic mass is 10.1. The molecule has 0 radical (unpaired) electrons. The molecule has 2 aromatic rings. The number of aliphatic hydroxyl groups is 1. The van der Waals surface area contributed by atoms with Crippen LogP contribution in [0.25, 0.3) is 0 Å². The Bertz CT molecular complexity index is 634. The molecule has 0 saturated heterocycles. The molecular weight excluding hydrogens is 262 g/mol. The lowest BCUT2D eigenvalue weighted by Crippen LogP contribution is -2.18. The van der Waals surface area contributed by atoms with Crippen molar-refractivity contribution in [2.45, 2.75) is 26.4 Å². The van der Waals surface area contributed by atoms with Crippen molar-refractivity contribution in [2.24, 2.45) is 0 Å². The molecule has 0 aliphatic heterocycles. The fourth-order valence-electron chi connectivity index (χ4n) is 2.21. The van der Waals surface area contributed by atoms with E-state index in [1.807, 2.05) is 31.2 Å². The van der Waals surface area contributed by atoms with E-state index in [2.05, 4.69) is 29.9 Å². The van der Waals surface area contributed by atoms with E-state index >= 15 is 0 Å². The summed E-state index contributed by atoms with van der Waals surface area (Å²) in [7, 11) is 2.09. The van der Waals surface area contributed by atoms with E-state index in [0.717, 1.165) is 24.4 Å². The third-order valence-electron chi connectivity index (χ3n) is 3.32. The minimum absolute atomic E-state index is 0.106. The number of hydrogen-bond donors (Lipinski definition) is 1. The molecule has 0 spiro atoms. The molecule has 0 atom stereocenters. The van der Waals surface area contributed by atoms with Gasteiger partial charge in [0.1, 0.15) is 5.76 Å². The van der Waals surface area contributed by atoms with Crippen molar-refractivity contribution in [3.8, 4) is 11.8 Å². The summed E-state index contributed by atoms with van der Waals surface area (Å²) in [4.78, 5) is 2.24. The van der Waals surface area contributed by atoms with Gasteiger partial charge in [0.15, 0.2) is 0 Å². The SMILES string of the molecule is Cc1occc1CN(C)Cc1ccccc1C#CCCO. The monoisotopic (exact) mass is 283 g/mol. The van der Waals surface area contributed by atoms with Gasteiger partial charge in [0.2, 0.25) is 0 Å². The molecule has 1 aromatic heterocycles. The highest BCUT2D eigenvalue weighted by Crippen LogP contribution is 2.15. The Morgan fingerprint density at radius 1 is 1.14 bits per heavy atom. The van der Waals surface area contributed by atoms with E-state index in [4.69, 9.17) is 9.52 Å². The zero-order valence-corrected chi connectivity index (χ0v) is 12.6. The number of furan rings is 1. The summed E-state index contributed by atoms with van der Waals surface area (Å²) in [5, 5.41) is 8.81. The standard InChI is InChI=1S/C18H21NO2/c1-15-17(10-12-21-15)13-19(2)14-18-9-4-3-7-16(18)8-5-6-11-20/h3-4,7,9-10,12,20H,6,11,13-14H2,1-2H3. The summed E-state index contributed by atoms with van der Waals surface area (Å²) >= 11 is 0. The van der Waals surface area contributed by atoms with Crippen molar-refractivity contribution in [1.82, 2.24) is 4.90 Å². The van der Waals surface area contributed by atoms with Gasteiger partial charge in [0.05, 0.1) is 12.9 Å². The molecule has 1 aromatic carbocycles. The van der Waals surface area contributed by atoms with Crippen LogP contribution in [-0.2, 0) is 13.1 Å². The molecule has 0 fully saturated rings. The van der Waals surface area contributed by atoms with Crippen LogP contribution in [0.15, 0.2) is 41.0 Å². The minimum atomic E-state index is 0.106. The van der Waals surface area contributed by atoms with Crippen molar-refractivity contribution in [3.63, 3.8) is 0 Å². The normalized spacial score (nSPS) is 10.5. The molecule has 0 amide bonds. The van der Waals surface area contributed by atoms with Crippen LogP contribution in [0.2, 0.25) is 0 Å². The summed E-state index contributed by atoms with van der Waals surface area (Å²) < 4.78 is 5.33. The molecule has 21 heavy (non-hydrogen) atoms. The van der Waals surface area contributed by atoms with Gasteiger partial charge in [-0.05, 0) is 31.7 Å². The highest BCUT2D eigenvalue weighted by atomic mass is 16.3. The largest absolute Gasteiger partial charge is 0.469 e. The summed E-state index contributed by atoms with van der Waals surface area (Å²) in [5.74, 6) is 7.09. The summed E-state index contributed by atoms with van der Waals surface area (Å²) in [6.07, 6.45) is 2.24. The van der Waals surface area contributed by atoms with Crippen LogP contribution in [0.3, 0.4) is 0 Å². The number of benzene rings is 1. The second-order valence-corrected chi connectivity index (χ2v) is 5.11. The zero-order valence-electron chi connectivity index (χ0n) is 12.6. The smallest absolute Gasteiger partial charge is 0.105 e. The molecule has 1 heterocycles. The van der Waals surface area contributed by atoms with Gasteiger partial charge in [0, 0.05) is 30.6 Å². The molecule has 0 aliphatic rings. The van der Waals surface area contributed by atoms with E-state index < -0.39 is 0 Å². The Hall–Kier alpha value is -2.02. The molecule has 110 valence electrons. The first-order chi connectivity index (χ1) is 10.2. The Morgan fingerprint density at radius 2 is 1.90 bits per heavy atom. The van der Waals surface area contributed by atoms with Gasteiger partial charge >= 0.3 is 0 Å². The molecule has 0 unspecified atom stereocenters. The lowest BCUT2D eigenvalue weighted by Gasteiger charge is -2.17. The third kappa shape index (κ3) is 4.49. The van der Waals surface area contributed by atoms with E-state index in [1.165, 1.54) is 11.1 Å². The molecule has 2 rings (SSSR count). The molecular formula is C18H21NO2. The van der Waals surface area contributed by atoms with Crippen molar-refractivity contribution in [3.05, 3.63) is 59.0 Å². The number of aliphatic hydroxyl groups excluding tert-OH is 1. The average molecular weight is 283 g/mol. The average Bonchev–Trinajstić information content (AvgIpc) is 2.86. The topological polar surface area (TPSA) is 36.6 Å². The van der Waals surface area contributed by atoms with Gasteiger partial charge in [-0.3, -0.25) is 4.90 Å². The predicted octanol–water partition coefficient (Wildman–Crippen LogP) is 2.95. The van der Waals surface area contributed by atoms with Crippen molar-refractivity contribution in [2.75, 3.05) is 13.7 Å². The summed E-state index contributed by atoms with van der Waals surface area (Å²) in [6.45, 7) is 3.77. The Balaban J connectivity index is 2.05. The number of nitrogens with zero attached hydrogens (tertiary/aromatic N) is 1. The third-order valence-corrected chi connectivity index (χ3v) is 3.32. The van der Waals surface area contributed by atoms with Crippen LogP contribution in [0.4, 0.5) is 0 Å². The van der Waals surface area contributed by atoms with Crippen LogP contribution in [0, 0.1) is 18.8 Å². The quantitative estimate of drug-likeness (QED) is 0.857. The Kier molecular flexibility index (Phi) is 5.62. The van der Waals surface area contributed by atoms with Gasteiger partial charge < -0.3 is 9.52 Å². The van der Waals surface area contributed by atoms with Gasteiger partial charge in [-0.1, -0.05) is 30.0 Å². The van der Waals surface area contributed by atoms with Gasteiger partial charge in [-0.25, -0.2) is 0 Å². The van der Waals surface area contributed by atoms with Crippen molar-refractivity contribution >= 4 is 0 Å². The zero-order chi connectivity index (χ0) is 15.1. The van der Waals surface area contributed by atoms with Crippen LogP contribution in [-0.4, -0.2) is 23.7 Å². The highest BCUT2D eigenvalue weighted by molar-refractivity contribution is 5.41. The van der Waals surface area contributed by atoms with E-state index in [0.29, 0.717) is 6.42 Å². The van der Waals surface area contributed by atoms with E-state index in [1.54, 1.807) is 6.26 Å². The van der Waals surface area contributed by atoms with Gasteiger partial charge in [-0.15, -0.1) is 0 Å². The maximum absolute atomic E-state index is 8.81. The van der Waals surface area contributed by atoms with Crippen LogP contribution in [0.1, 0.15) is 28.9 Å². The number of hydrogen-bond acceptors (Lipinski definition) is 3. The van der Waals surface area contributed by atoms with Crippen LogP contribution < -0.4 is 0 Å². The second kappa shape index (κ2) is 7.68. The van der Waals surface area contributed by atoms with Crippen LogP contribution >= 0.6 is 0 Å². The predicted molar refractivity (Wildman–Crippen MR) is 83.6 cm³/mol. The lowest BCUT2D eigenvalue weighted by molar-refractivity contribution is 0.305. The first-order valence-electron chi connectivity index (χ1n) is 7.10. The molecule has 1 N–H and O–H groups in total. The fourth-order valence-corrected chi connectivity index (χ4v) is 2.21. The number of aryl methyl sites for hydroxylation is 1. The van der Waals surface area contributed by atoms with Gasteiger partial charge in [0.25, 0.3) is 0 Å². The first-order valence-corrected chi connectivity index (χ1v) is 7.10. The Labute approximate surface area is 126 Å². The van der Waals surface area contributed by atoms with E-state index in [9.17, 15) is 0 Å². The molecule has 0 aliphatic carbocycles. The van der Waals surface area contributed by atoms with Crippen LogP contribution in [0.5, 0.6) is 0 Å². The molecule has 3 nitrogen and oxygen atoms in total. The highest BCUT2D eigenvalue weighted by Gasteiger charge is 2.07. The maximum atomic E-state index is 8.81. The minimum Gasteiger partial charge on any atom is -0.469 e.